The monoisotopic (exact) mass is 468 g/mol. The number of nitrogens with zero attached hydrogens (tertiary/aromatic N) is 2. The van der Waals surface area contributed by atoms with Gasteiger partial charge < -0.3 is 9.84 Å². The smallest absolute Gasteiger partial charge is 0.277 e. The van der Waals surface area contributed by atoms with Crippen LogP contribution in [0.5, 0.6) is 11.5 Å². The van der Waals surface area contributed by atoms with E-state index < -0.39 is 16.6 Å². The molecule has 152 valence electrons. The van der Waals surface area contributed by atoms with E-state index >= 15 is 0 Å². The number of ether oxygens (including phenoxy) is 1. The number of hydrogen-bond acceptors (Lipinski definition) is 6. The molecule has 0 spiro atoms. The van der Waals surface area contributed by atoms with Crippen molar-refractivity contribution in [2.24, 2.45) is 5.10 Å². The van der Waals surface area contributed by atoms with Gasteiger partial charge in [0.2, 0.25) is 0 Å². The molecule has 1 N–H and O–H groups in total. The van der Waals surface area contributed by atoms with Gasteiger partial charge in [-0.1, -0.05) is 64.1 Å². The number of benzene rings is 3. The van der Waals surface area contributed by atoms with Crippen LogP contribution in [0.25, 0.3) is 11.1 Å². The number of rotatable bonds is 7. The van der Waals surface area contributed by atoms with Gasteiger partial charge in [0.05, 0.1) is 11.1 Å². The summed E-state index contributed by atoms with van der Waals surface area (Å²) in [4.78, 5) is 22.1. The zero-order valence-corrected chi connectivity index (χ0v) is 17.0. The van der Waals surface area contributed by atoms with Crippen LogP contribution in [-0.2, 0) is 4.79 Å². The predicted octanol–water partition coefficient (Wildman–Crippen LogP) is 3.63. The molecule has 0 saturated carbocycles. The Kier molecular flexibility index (Phi) is 6.76. The molecule has 3 aromatic carbocycles. The Morgan fingerprint density at radius 1 is 1.10 bits per heavy atom. The average molecular weight is 469 g/mol. The summed E-state index contributed by atoms with van der Waals surface area (Å²) in [6.07, 6.45) is 1.05. The number of nitro groups is 1. The van der Waals surface area contributed by atoms with Gasteiger partial charge >= 0.3 is 0 Å². The molecule has 0 aliphatic carbocycles. The van der Waals surface area contributed by atoms with Crippen LogP contribution in [0.3, 0.4) is 0 Å². The molecule has 30 heavy (non-hydrogen) atoms. The van der Waals surface area contributed by atoms with Gasteiger partial charge in [0.15, 0.2) is 6.61 Å². The summed E-state index contributed by atoms with van der Waals surface area (Å²) in [6.45, 7) is -0.287. The molecule has 0 saturated heterocycles. The molecule has 0 heterocycles. The van der Waals surface area contributed by atoms with E-state index in [9.17, 15) is 20.0 Å². The van der Waals surface area contributed by atoms with Gasteiger partial charge in [-0.3, -0.25) is 14.9 Å². The zero-order chi connectivity index (χ0) is 21.5. The predicted molar refractivity (Wildman–Crippen MR) is 113 cm³/mol. The first-order chi connectivity index (χ1) is 14.4. The minimum absolute atomic E-state index is 0.0335. The highest BCUT2D eigenvalue weighted by molar-refractivity contribution is 9.10. The summed E-state index contributed by atoms with van der Waals surface area (Å²) >= 11 is 2.97. The Morgan fingerprint density at radius 2 is 1.77 bits per heavy atom. The van der Waals surface area contributed by atoms with Gasteiger partial charge in [-0.15, -0.1) is 0 Å². The number of carbonyl (C=O) groups excluding carboxylic acids is 1. The van der Waals surface area contributed by atoms with Crippen LogP contribution >= 0.6 is 15.9 Å². The van der Waals surface area contributed by atoms with Crippen LogP contribution in [0.1, 0.15) is 5.56 Å². The van der Waals surface area contributed by atoms with Gasteiger partial charge in [-0.2, -0.15) is 5.10 Å². The molecule has 0 unspecified atom stereocenters. The molecule has 0 atom stereocenters. The third-order valence-electron chi connectivity index (χ3n) is 3.99. The fraction of sp³-hybridized carbons (Fsp3) is 0.0476. The van der Waals surface area contributed by atoms with Crippen molar-refractivity contribution in [1.29, 1.82) is 0 Å². The summed E-state index contributed by atoms with van der Waals surface area (Å²) < 4.78 is 5.44. The lowest BCUT2D eigenvalue weighted by Crippen LogP contribution is -2.24. The third kappa shape index (κ3) is 5.42. The van der Waals surface area contributed by atoms with E-state index in [1.165, 1.54) is 0 Å². The standard InChI is InChI=1S/C21H16BrN3O5/c22-19-11-17(25(28)29)10-16(21(19)27)12-23-24-20(26)13-30-18-8-6-15(7-9-18)14-4-2-1-3-5-14/h1-12,27H,13H2,(H,24,26)/p-1. The zero-order valence-electron chi connectivity index (χ0n) is 15.4. The van der Waals surface area contributed by atoms with E-state index in [4.69, 9.17) is 4.74 Å². The first-order valence-corrected chi connectivity index (χ1v) is 9.48. The molecule has 0 bridgehead atoms. The summed E-state index contributed by atoms with van der Waals surface area (Å²) in [5, 5.41) is 26.5. The Morgan fingerprint density at radius 3 is 2.43 bits per heavy atom. The van der Waals surface area contributed by atoms with Crippen LogP contribution < -0.4 is 15.3 Å². The number of nitro benzene ring substituents is 1. The first kappa shape index (κ1) is 21.0. The maximum Gasteiger partial charge on any atom is 0.277 e. The quantitative estimate of drug-likeness (QED) is 0.322. The van der Waals surface area contributed by atoms with Crippen molar-refractivity contribution in [3.63, 3.8) is 0 Å². The second-order valence-electron chi connectivity index (χ2n) is 6.08. The largest absolute Gasteiger partial charge is 0.871 e. The number of nitrogens with one attached hydrogen (secondary N) is 1. The van der Waals surface area contributed by atoms with Crippen molar-refractivity contribution < 1.29 is 19.6 Å². The molecule has 3 rings (SSSR count). The molecule has 0 aromatic heterocycles. The van der Waals surface area contributed by atoms with E-state index in [1.807, 2.05) is 42.5 Å². The Labute approximate surface area is 180 Å². The van der Waals surface area contributed by atoms with Crippen LogP contribution in [0, 0.1) is 10.1 Å². The van der Waals surface area contributed by atoms with Gasteiger partial charge in [0.1, 0.15) is 5.75 Å². The topological polar surface area (TPSA) is 117 Å². The fourth-order valence-electron chi connectivity index (χ4n) is 2.53. The summed E-state index contributed by atoms with van der Waals surface area (Å²) in [7, 11) is 0. The molecule has 3 aromatic rings. The number of non-ortho nitro benzene ring substituents is 1. The molecule has 0 aliphatic heterocycles. The van der Waals surface area contributed by atoms with Crippen molar-refractivity contribution in [3.05, 3.63) is 86.9 Å². The van der Waals surface area contributed by atoms with Gasteiger partial charge in [0, 0.05) is 16.6 Å². The number of amides is 1. The van der Waals surface area contributed by atoms with Crippen molar-refractivity contribution in [1.82, 2.24) is 5.43 Å². The molecule has 0 radical (unpaired) electrons. The fourth-order valence-corrected chi connectivity index (χ4v) is 2.99. The number of hydrazone groups is 1. The summed E-state index contributed by atoms with van der Waals surface area (Å²) in [6, 6.07) is 19.3. The summed E-state index contributed by atoms with van der Waals surface area (Å²) in [5.74, 6) is -0.512. The van der Waals surface area contributed by atoms with Gasteiger partial charge in [-0.25, -0.2) is 5.43 Å². The molecular formula is C21H15BrN3O5-. The van der Waals surface area contributed by atoms with Crippen molar-refractivity contribution in [2.75, 3.05) is 6.61 Å². The lowest BCUT2D eigenvalue weighted by atomic mass is 10.1. The molecule has 9 heteroatoms. The molecule has 8 nitrogen and oxygen atoms in total. The third-order valence-corrected chi connectivity index (χ3v) is 4.58. The Bertz CT molecular complexity index is 1090. The maximum atomic E-state index is 12.0. The maximum absolute atomic E-state index is 12.0. The highest BCUT2D eigenvalue weighted by Gasteiger charge is 2.09. The van der Waals surface area contributed by atoms with Gasteiger partial charge in [-0.05, 0) is 28.8 Å². The molecule has 0 fully saturated rings. The second-order valence-corrected chi connectivity index (χ2v) is 6.93. The molecule has 0 aliphatic rings. The van der Waals surface area contributed by atoms with E-state index in [1.54, 1.807) is 12.1 Å². The van der Waals surface area contributed by atoms with Crippen LogP contribution in [0.15, 0.2) is 76.3 Å². The summed E-state index contributed by atoms with van der Waals surface area (Å²) in [5.41, 5.74) is 4.01. The highest BCUT2D eigenvalue weighted by Crippen LogP contribution is 2.29. The Balaban J connectivity index is 1.55. The van der Waals surface area contributed by atoms with E-state index in [0.717, 1.165) is 29.5 Å². The molecule has 1 amide bonds. The minimum atomic E-state index is -0.628. The second kappa shape index (κ2) is 9.66. The van der Waals surface area contributed by atoms with Crippen LogP contribution in [0.2, 0.25) is 0 Å². The minimum Gasteiger partial charge on any atom is -0.871 e. The van der Waals surface area contributed by atoms with E-state index in [-0.39, 0.29) is 22.3 Å². The number of hydrogen-bond donors (Lipinski definition) is 1. The highest BCUT2D eigenvalue weighted by atomic mass is 79.9. The normalized spacial score (nSPS) is 10.7. The lowest BCUT2D eigenvalue weighted by molar-refractivity contribution is -0.385. The van der Waals surface area contributed by atoms with Gasteiger partial charge in [0.25, 0.3) is 11.6 Å². The Hall–Kier alpha value is -3.72. The average Bonchev–Trinajstić information content (AvgIpc) is 2.76. The van der Waals surface area contributed by atoms with E-state index in [0.29, 0.717) is 5.75 Å². The van der Waals surface area contributed by atoms with E-state index in [2.05, 4.69) is 26.5 Å². The number of carbonyl (C=O) groups is 1. The SMILES string of the molecule is O=C(COc1ccc(-c2ccccc2)cc1)NN=Cc1cc([N+](=O)[O-])cc(Br)c1[O-]. The first-order valence-electron chi connectivity index (χ1n) is 8.69. The van der Waals surface area contributed by atoms with Crippen molar-refractivity contribution >= 4 is 33.7 Å². The van der Waals surface area contributed by atoms with Crippen molar-refractivity contribution in [3.8, 4) is 22.6 Å². The number of halogens is 1. The molecular weight excluding hydrogens is 454 g/mol. The van der Waals surface area contributed by atoms with Crippen LogP contribution in [-0.4, -0.2) is 23.7 Å². The van der Waals surface area contributed by atoms with Crippen LogP contribution in [0.4, 0.5) is 5.69 Å². The lowest BCUT2D eigenvalue weighted by Gasteiger charge is -2.12. The van der Waals surface area contributed by atoms with Crippen molar-refractivity contribution in [2.45, 2.75) is 0 Å².